The van der Waals surface area contributed by atoms with Crippen LogP contribution in [0, 0.1) is 3.57 Å². The van der Waals surface area contributed by atoms with Gasteiger partial charge in [0.1, 0.15) is 6.04 Å². The van der Waals surface area contributed by atoms with Crippen LogP contribution in [-0.4, -0.2) is 23.8 Å². The fourth-order valence-corrected chi connectivity index (χ4v) is 2.84. The summed E-state index contributed by atoms with van der Waals surface area (Å²) in [5.41, 5.74) is 6.42. The molecule has 0 aliphatic heterocycles. The molecule has 0 aliphatic carbocycles. The zero-order valence-corrected chi connectivity index (χ0v) is 14.6. The van der Waals surface area contributed by atoms with E-state index in [1.54, 1.807) is 6.07 Å². The first-order chi connectivity index (χ1) is 10.9. The molecular formula is C17H19F2IN2O. The number of alkyl halides is 2. The minimum absolute atomic E-state index is 0.00490. The van der Waals surface area contributed by atoms with Crippen molar-refractivity contribution in [2.45, 2.75) is 24.6 Å². The number of halogens is 3. The summed E-state index contributed by atoms with van der Waals surface area (Å²) in [6.07, 6.45) is -1.35. The summed E-state index contributed by atoms with van der Waals surface area (Å²) < 4.78 is 29.7. The minimum Gasteiger partial charge on any atom is -0.390 e. The SMILES string of the molecule is N[C@H]([C@@H](O)CNCc1cccc(I)c1)C(F)(F)c1ccccc1. The summed E-state index contributed by atoms with van der Waals surface area (Å²) in [6, 6.07) is 13.5. The zero-order valence-electron chi connectivity index (χ0n) is 12.4. The topological polar surface area (TPSA) is 58.3 Å². The highest BCUT2D eigenvalue weighted by atomic mass is 127. The van der Waals surface area contributed by atoms with Gasteiger partial charge in [-0.1, -0.05) is 42.5 Å². The second-order valence-corrected chi connectivity index (χ2v) is 6.59. The largest absolute Gasteiger partial charge is 0.390 e. The molecule has 0 saturated carbocycles. The average molecular weight is 432 g/mol. The van der Waals surface area contributed by atoms with E-state index in [-0.39, 0.29) is 12.1 Å². The third-order valence-electron chi connectivity index (χ3n) is 3.56. The maximum absolute atomic E-state index is 14.3. The van der Waals surface area contributed by atoms with E-state index in [1.165, 1.54) is 24.3 Å². The van der Waals surface area contributed by atoms with Crippen molar-refractivity contribution in [1.29, 1.82) is 0 Å². The van der Waals surface area contributed by atoms with E-state index in [4.69, 9.17) is 5.73 Å². The number of aliphatic hydroxyl groups excluding tert-OH is 1. The van der Waals surface area contributed by atoms with Gasteiger partial charge in [0.15, 0.2) is 0 Å². The molecular weight excluding hydrogens is 413 g/mol. The van der Waals surface area contributed by atoms with Gasteiger partial charge in [-0.3, -0.25) is 0 Å². The molecule has 2 aromatic carbocycles. The molecule has 0 aliphatic rings. The van der Waals surface area contributed by atoms with Crippen LogP contribution in [0.3, 0.4) is 0 Å². The molecule has 23 heavy (non-hydrogen) atoms. The van der Waals surface area contributed by atoms with Gasteiger partial charge >= 0.3 is 0 Å². The quantitative estimate of drug-likeness (QED) is 0.590. The molecule has 0 unspecified atom stereocenters. The van der Waals surface area contributed by atoms with Crippen molar-refractivity contribution in [3.63, 3.8) is 0 Å². The summed E-state index contributed by atoms with van der Waals surface area (Å²) in [4.78, 5) is 0. The Hall–Kier alpha value is -1.09. The first-order valence-electron chi connectivity index (χ1n) is 7.23. The highest BCUT2D eigenvalue weighted by molar-refractivity contribution is 14.1. The van der Waals surface area contributed by atoms with Crippen LogP contribution < -0.4 is 11.1 Å². The fourth-order valence-electron chi connectivity index (χ4n) is 2.23. The second-order valence-electron chi connectivity index (χ2n) is 5.34. The summed E-state index contributed by atoms with van der Waals surface area (Å²) in [5, 5.41) is 12.9. The van der Waals surface area contributed by atoms with Crippen molar-refractivity contribution in [3.8, 4) is 0 Å². The number of hydrogen-bond acceptors (Lipinski definition) is 3. The second kappa shape index (κ2) is 8.14. The Morgan fingerprint density at radius 3 is 2.48 bits per heavy atom. The maximum atomic E-state index is 14.3. The van der Waals surface area contributed by atoms with Crippen molar-refractivity contribution in [2.75, 3.05) is 6.54 Å². The Labute approximate surface area is 148 Å². The lowest BCUT2D eigenvalue weighted by atomic mass is 9.97. The molecule has 0 radical (unpaired) electrons. The number of rotatable bonds is 7. The minimum atomic E-state index is -3.29. The standard InChI is InChI=1S/C17H19F2IN2O/c18-17(19,13-6-2-1-3-7-13)16(21)15(23)11-22-10-12-5-4-8-14(20)9-12/h1-9,15-16,22-23H,10-11,21H2/t15-,16+/m0/s1. The average Bonchev–Trinajstić information content (AvgIpc) is 2.55. The van der Waals surface area contributed by atoms with Crippen LogP contribution in [0.15, 0.2) is 54.6 Å². The third-order valence-corrected chi connectivity index (χ3v) is 4.23. The van der Waals surface area contributed by atoms with Crippen LogP contribution >= 0.6 is 22.6 Å². The Kier molecular flexibility index (Phi) is 6.46. The number of nitrogens with two attached hydrogens (primary N) is 1. The molecule has 2 aromatic rings. The van der Waals surface area contributed by atoms with Crippen LogP contribution in [0.2, 0.25) is 0 Å². The lowest BCUT2D eigenvalue weighted by molar-refractivity contribution is -0.0702. The highest BCUT2D eigenvalue weighted by Gasteiger charge is 2.42. The Balaban J connectivity index is 1.91. The molecule has 124 valence electrons. The summed E-state index contributed by atoms with van der Waals surface area (Å²) in [7, 11) is 0. The van der Waals surface area contributed by atoms with E-state index in [9.17, 15) is 13.9 Å². The molecule has 0 bridgehead atoms. The lowest BCUT2D eigenvalue weighted by Crippen LogP contribution is -2.51. The summed E-state index contributed by atoms with van der Waals surface area (Å²) >= 11 is 2.20. The normalized spacial score (nSPS) is 14.5. The Bertz CT molecular complexity index is 625. The monoisotopic (exact) mass is 432 g/mol. The van der Waals surface area contributed by atoms with Gasteiger partial charge in [-0.05, 0) is 40.3 Å². The van der Waals surface area contributed by atoms with Crippen LogP contribution in [-0.2, 0) is 12.5 Å². The van der Waals surface area contributed by atoms with E-state index >= 15 is 0 Å². The van der Waals surface area contributed by atoms with Crippen LogP contribution in [0.1, 0.15) is 11.1 Å². The summed E-state index contributed by atoms with van der Waals surface area (Å²) in [5.74, 6) is -3.29. The lowest BCUT2D eigenvalue weighted by Gasteiger charge is -2.28. The molecule has 0 saturated heterocycles. The van der Waals surface area contributed by atoms with Gasteiger partial charge in [-0.2, -0.15) is 8.78 Å². The van der Waals surface area contributed by atoms with E-state index in [0.29, 0.717) is 6.54 Å². The van der Waals surface area contributed by atoms with E-state index in [2.05, 4.69) is 27.9 Å². The molecule has 0 heterocycles. The molecule has 0 spiro atoms. The molecule has 0 aromatic heterocycles. The first kappa shape index (κ1) is 18.3. The summed E-state index contributed by atoms with van der Waals surface area (Å²) in [6.45, 7) is 0.479. The zero-order chi connectivity index (χ0) is 16.9. The predicted octanol–water partition coefficient (Wildman–Crippen LogP) is 2.86. The van der Waals surface area contributed by atoms with Gasteiger partial charge < -0.3 is 16.2 Å². The number of hydrogen-bond donors (Lipinski definition) is 3. The third kappa shape index (κ3) is 4.94. The molecule has 6 heteroatoms. The molecule has 0 fully saturated rings. The van der Waals surface area contributed by atoms with E-state index in [0.717, 1.165) is 9.13 Å². The van der Waals surface area contributed by atoms with Gasteiger partial charge in [0.25, 0.3) is 5.92 Å². The highest BCUT2D eigenvalue weighted by Crippen LogP contribution is 2.31. The molecule has 4 N–H and O–H groups in total. The Morgan fingerprint density at radius 1 is 1.13 bits per heavy atom. The first-order valence-corrected chi connectivity index (χ1v) is 8.31. The molecule has 2 rings (SSSR count). The fraction of sp³-hybridized carbons (Fsp3) is 0.294. The maximum Gasteiger partial charge on any atom is 0.290 e. The Morgan fingerprint density at radius 2 is 1.83 bits per heavy atom. The van der Waals surface area contributed by atoms with Gasteiger partial charge in [-0.25, -0.2) is 0 Å². The van der Waals surface area contributed by atoms with Gasteiger partial charge in [0, 0.05) is 22.2 Å². The number of benzene rings is 2. The van der Waals surface area contributed by atoms with Gasteiger partial charge in [0.05, 0.1) is 6.10 Å². The van der Waals surface area contributed by atoms with Crippen molar-refractivity contribution in [3.05, 3.63) is 69.3 Å². The van der Waals surface area contributed by atoms with Crippen molar-refractivity contribution in [2.24, 2.45) is 5.73 Å². The molecule has 2 atom stereocenters. The van der Waals surface area contributed by atoms with E-state index in [1.807, 2.05) is 24.3 Å². The smallest absolute Gasteiger partial charge is 0.290 e. The van der Waals surface area contributed by atoms with Crippen LogP contribution in [0.4, 0.5) is 8.78 Å². The predicted molar refractivity (Wildman–Crippen MR) is 95.2 cm³/mol. The van der Waals surface area contributed by atoms with Crippen LogP contribution in [0.5, 0.6) is 0 Å². The van der Waals surface area contributed by atoms with E-state index < -0.39 is 18.1 Å². The van der Waals surface area contributed by atoms with Crippen molar-refractivity contribution in [1.82, 2.24) is 5.32 Å². The van der Waals surface area contributed by atoms with Gasteiger partial charge in [0.2, 0.25) is 0 Å². The van der Waals surface area contributed by atoms with Crippen molar-refractivity contribution >= 4 is 22.6 Å². The molecule has 3 nitrogen and oxygen atoms in total. The molecule has 0 amide bonds. The number of aliphatic hydroxyl groups is 1. The van der Waals surface area contributed by atoms with Crippen LogP contribution in [0.25, 0.3) is 0 Å². The van der Waals surface area contributed by atoms with Gasteiger partial charge in [-0.15, -0.1) is 0 Å². The van der Waals surface area contributed by atoms with Crippen molar-refractivity contribution < 1.29 is 13.9 Å². The number of nitrogens with one attached hydrogen (secondary N) is 1.